The molecular formula is C13H16N2O2. The lowest BCUT2D eigenvalue weighted by Crippen LogP contribution is -2.39. The van der Waals surface area contributed by atoms with Gasteiger partial charge in [0.25, 0.3) is 0 Å². The molecule has 0 saturated carbocycles. The van der Waals surface area contributed by atoms with Crippen molar-refractivity contribution in [1.82, 2.24) is 0 Å². The minimum atomic E-state index is -0.236. The van der Waals surface area contributed by atoms with Crippen LogP contribution in [0.15, 0.2) is 18.2 Å². The van der Waals surface area contributed by atoms with Crippen molar-refractivity contribution < 1.29 is 9.90 Å². The van der Waals surface area contributed by atoms with Gasteiger partial charge in [0.05, 0.1) is 17.5 Å². The highest BCUT2D eigenvalue weighted by Gasteiger charge is 2.34. The number of nitrogens with zero attached hydrogens (tertiary/aromatic N) is 1. The summed E-state index contributed by atoms with van der Waals surface area (Å²) in [6.07, 6.45) is 0.584. The number of carbonyl (C=O) groups excluding carboxylic acids is 1. The van der Waals surface area contributed by atoms with Crippen molar-refractivity contribution in [3.05, 3.63) is 23.8 Å². The molecule has 2 aliphatic heterocycles. The number of rotatable bonds is 1. The van der Waals surface area contributed by atoms with Gasteiger partial charge in [-0.2, -0.15) is 0 Å². The van der Waals surface area contributed by atoms with Crippen LogP contribution in [0.4, 0.5) is 11.4 Å². The largest absolute Gasteiger partial charge is 0.391 e. The highest BCUT2D eigenvalue weighted by atomic mass is 16.3. The molecule has 0 spiro atoms. The van der Waals surface area contributed by atoms with Crippen LogP contribution in [0.3, 0.4) is 0 Å². The minimum absolute atomic E-state index is 0.0816. The molecule has 2 aliphatic rings. The van der Waals surface area contributed by atoms with Crippen molar-refractivity contribution >= 4 is 17.2 Å². The predicted molar refractivity (Wildman–Crippen MR) is 66.7 cm³/mol. The van der Waals surface area contributed by atoms with Crippen LogP contribution in [0.1, 0.15) is 23.7 Å². The van der Waals surface area contributed by atoms with Crippen LogP contribution in [0.2, 0.25) is 0 Å². The third-order valence-electron chi connectivity index (χ3n) is 3.63. The summed E-state index contributed by atoms with van der Waals surface area (Å²) in [6.45, 7) is 3.11. The summed E-state index contributed by atoms with van der Waals surface area (Å²) in [5.41, 5.74) is 2.83. The van der Waals surface area contributed by atoms with Gasteiger partial charge < -0.3 is 15.3 Å². The third kappa shape index (κ3) is 1.69. The molecule has 3 rings (SSSR count). The predicted octanol–water partition coefficient (Wildman–Crippen LogP) is 1.25. The lowest BCUT2D eigenvalue weighted by atomic mass is 10.1. The number of hydrogen-bond acceptors (Lipinski definition) is 4. The molecule has 0 aliphatic carbocycles. The molecule has 2 N–H and O–H groups in total. The maximum Gasteiger partial charge on any atom is 0.159 e. The average Bonchev–Trinajstić information content (AvgIpc) is 2.69. The Kier molecular flexibility index (Phi) is 2.33. The summed E-state index contributed by atoms with van der Waals surface area (Å²) < 4.78 is 0. The number of aliphatic hydroxyl groups is 1. The molecular weight excluding hydrogens is 216 g/mol. The molecule has 17 heavy (non-hydrogen) atoms. The number of aliphatic hydroxyl groups excluding tert-OH is 1. The number of Topliss-reactive ketones (excluding diaryl/α,β-unsaturated/α-hetero) is 1. The Morgan fingerprint density at radius 1 is 1.53 bits per heavy atom. The molecule has 1 saturated heterocycles. The van der Waals surface area contributed by atoms with Gasteiger partial charge in [-0.05, 0) is 31.5 Å². The summed E-state index contributed by atoms with van der Waals surface area (Å²) in [5, 5.41) is 13.0. The zero-order valence-corrected chi connectivity index (χ0v) is 9.81. The van der Waals surface area contributed by atoms with Gasteiger partial charge in [0.15, 0.2) is 5.78 Å². The van der Waals surface area contributed by atoms with Gasteiger partial charge in [0, 0.05) is 24.7 Å². The van der Waals surface area contributed by atoms with E-state index in [0.717, 1.165) is 29.9 Å². The zero-order chi connectivity index (χ0) is 12.0. The standard InChI is InChI=1S/C13H16N2O2/c1-8(16)9-2-3-13-12(4-9)14-6-10-5-11(17)7-15(10)13/h2-4,10-11,14,17H,5-7H2,1H3. The van der Waals surface area contributed by atoms with Crippen molar-refractivity contribution in [2.75, 3.05) is 23.3 Å². The topological polar surface area (TPSA) is 52.6 Å². The number of nitrogens with one attached hydrogen (secondary N) is 1. The molecule has 2 atom stereocenters. The quantitative estimate of drug-likeness (QED) is 0.716. The van der Waals surface area contributed by atoms with Gasteiger partial charge in [-0.1, -0.05) is 0 Å². The number of hydrogen-bond donors (Lipinski definition) is 2. The monoisotopic (exact) mass is 232 g/mol. The molecule has 1 aromatic rings. The van der Waals surface area contributed by atoms with Crippen LogP contribution in [0.5, 0.6) is 0 Å². The van der Waals surface area contributed by atoms with Gasteiger partial charge in [0.2, 0.25) is 0 Å². The van der Waals surface area contributed by atoms with E-state index in [1.54, 1.807) is 6.92 Å². The molecule has 2 heterocycles. The van der Waals surface area contributed by atoms with Crippen molar-refractivity contribution in [3.8, 4) is 0 Å². The first-order valence-electron chi connectivity index (χ1n) is 5.98. The van der Waals surface area contributed by atoms with E-state index in [1.165, 1.54) is 0 Å². The third-order valence-corrected chi connectivity index (χ3v) is 3.63. The number of ketones is 1. The number of benzene rings is 1. The first-order chi connectivity index (χ1) is 8.15. The first kappa shape index (κ1) is 10.6. The Morgan fingerprint density at radius 2 is 2.35 bits per heavy atom. The number of anilines is 2. The van der Waals surface area contributed by atoms with E-state index < -0.39 is 0 Å². The summed E-state index contributed by atoms with van der Waals surface area (Å²) in [5.74, 6) is 0.0816. The molecule has 0 amide bonds. The van der Waals surface area contributed by atoms with Crippen LogP contribution >= 0.6 is 0 Å². The highest BCUT2D eigenvalue weighted by Crippen LogP contribution is 2.36. The smallest absolute Gasteiger partial charge is 0.159 e. The van der Waals surface area contributed by atoms with Crippen molar-refractivity contribution in [1.29, 1.82) is 0 Å². The lowest BCUT2D eigenvalue weighted by molar-refractivity contribution is 0.101. The second kappa shape index (κ2) is 3.74. The molecule has 1 fully saturated rings. The van der Waals surface area contributed by atoms with E-state index in [9.17, 15) is 9.90 Å². The Bertz CT molecular complexity index is 472. The first-order valence-corrected chi connectivity index (χ1v) is 5.98. The molecule has 2 unspecified atom stereocenters. The zero-order valence-electron chi connectivity index (χ0n) is 9.81. The Balaban J connectivity index is 1.99. The lowest BCUT2D eigenvalue weighted by Gasteiger charge is -2.34. The summed E-state index contributed by atoms with van der Waals surface area (Å²) in [4.78, 5) is 13.6. The Morgan fingerprint density at radius 3 is 3.12 bits per heavy atom. The van der Waals surface area contributed by atoms with Crippen LogP contribution < -0.4 is 10.2 Å². The van der Waals surface area contributed by atoms with Crippen LogP contribution in [-0.2, 0) is 0 Å². The molecule has 4 heteroatoms. The SMILES string of the molecule is CC(=O)c1ccc2c(c1)NCC1CC(O)CN21. The second-order valence-electron chi connectivity index (χ2n) is 4.86. The minimum Gasteiger partial charge on any atom is -0.391 e. The van der Waals surface area contributed by atoms with E-state index in [-0.39, 0.29) is 11.9 Å². The van der Waals surface area contributed by atoms with Gasteiger partial charge in [-0.3, -0.25) is 4.79 Å². The van der Waals surface area contributed by atoms with Gasteiger partial charge in [-0.15, -0.1) is 0 Å². The van der Waals surface area contributed by atoms with E-state index in [0.29, 0.717) is 12.6 Å². The molecule has 0 radical (unpaired) electrons. The van der Waals surface area contributed by atoms with E-state index in [1.807, 2.05) is 18.2 Å². The molecule has 4 nitrogen and oxygen atoms in total. The van der Waals surface area contributed by atoms with E-state index in [2.05, 4.69) is 10.2 Å². The molecule has 1 aromatic carbocycles. The maximum absolute atomic E-state index is 11.3. The normalized spacial score (nSPS) is 26.1. The van der Waals surface area contributed by atoms with Gasteiger partial charge in [0.1, 0.15) is 0 Å². The Labute approximate surface area is 100 Å². The van der Waals surface area contributed by atoms with Crippen LogP contribution in [-0.4, -0.2) is 36.1 Å². The van der Waals surface area contributed by atoms with E-state index in [4.69, 9.17) is 0 Å². The Hall–Kier alpha value is -1.55. The van der Waals surface area contributed by atoms with Crippen molar-refractivity contribution in [3.63, 3.8) is 0 Å². The van der Waals surface area contributed by atoms with Gasteiger partial charge >= 0.3 is 0 Å². The van der Waals surface area contributed by atoms with E-state index >= 15 is 0 Å². The fourth-order valence-corrected chi connectivity index (χ4v) is 2.76. The summed E-state index contributed by atoms with van der Waals surface area (Å²) in [7, 11) is 0. The average molecular weight is 232 g/mol. The molecule has 90 valence electrons. The molecule has 0 aromatic heterocycles. The number of fused-ring (bicyclic) bond motifs is 3. The van der Waals surface area contributed by atoms with Crippen molar-refractivity contribution in [2.24, 2.45) is 0 Å². The number of carbonyl (C=O) groups is 1. The van der Waals surface area contributed by atoms with Crippen LogP contribution in [0.25, 0.3) is 0 Å². The van der Waals surface area contributed by atoms with Crippen molar-refractivity contribution in [2.45, 2.75) is 25.5 Å². The van der Waals surface area contributed by atoms with Gasteiger partial charge in [-0.25, -0.2) is 0 Å². The maximum atomic E-state index is 11.3. The fraction of sp³-hybridized carbons (Fsp3) is 0.462. The summed E-state index contributed by atoms with van der Waals surface area (Å²) in [6, 6.07) is 6.11. The second-order valence-corrected chi connectivity index (χ2v) is 4.86. The molecule has 0 bridgehead atoms. The highest BCUT2D eigenvalue weighted by molar-refractivity contribution is 5.96. The van der Waals surface area contributed by atoms with Crippen LogP contribution in [0, 0.1) is 0 Å². The fourth-order valence-electron chi connectivity index (χ4n) is 2.76. The summed E-state index contributed by atoms with van der Waals surface area (Å²) >= 11 is 0.